The van der Waals surface area contributed by atoms with E-state index in [2.05, 4.69) is 10.1 Å². The molecular weight excluding hydrogens is 510 g/mol. The summed E-state index contributed by atoms with van der Waals surface area (Å²) in [5.74, 6) is -0.347. The zero-order valence-electron chi connectivity index (χ0n) is 18.3. The molecule has 4 heterocycles. The Bertz CT molecular complexity index is 1310. The molecule has 0 aliphatic carbocycles. The molecule has 0 radical (unpaired) electrons. The number of halogens is 5. The molecule has 1 fully saturated rings. The van der Waals surface area contributed by atoms with Gasteiger partial charge in [-0.3, -0.25) is 4.79 Å². The maximum Gasteiger partial charge on any atom is 0.417 e. The summed E-state index contributed by atoms with van der Waals surface area (Å²) in [6.45, 7) is 1.71. The van der Waals surface area contributed by atoms with Crippen LogP contribution in [0.15, 0.2) is 45.3 Å². The van der Waals surface area contributed by atoms with Crippen molar-refractivity contribution in [2.45, 2.75) is 54.7 Å². The summed E-state index contributed by atoms with van der Waals surface area (Å²) in [6, 6.07) is 2.61. The molecule has 1 saturated heterocycles. The fourth-order valence-electron chi connectivity index (χ4n) is 4.22. The smallest absolute Gasteiger partial charge is 0.360 e. The molecule has 5 rings (SSSR count). The predicted molar refractivity (Wildman–Crippen MR) is 121 cm³/mol. The van der Waals surface area contributed by atoms with Crippen LogP contribution in [0.2, 0.25) is 5.02 Å². The summed E-state index contributed by atoms with van der Waals surface area (Å²) in [4.78, 5) is 19.0. The van der Waals surface area contributed by atoms with E-state index >= 15 is 0 Å². The van der Waals surface area contributed by atoms with Gasteiger partial charge < -0.3 is 14.2 Å². The minimum atomic E-state index is -4.68. The van der Waals surface area contributed by atoms with Gasteiger partial charge in [-0.05, 0) is 37.5 Å². The van der Waals surface area contributed by atoms with Gasteiger partial charge in [-0.2, -0.15) is 23.0 Å². The summed E-state index contributed by atoms with van der Waals surface area (Å²) in [5.41, 5.74) is -1.00. The summed E-state index contributed by atoms with van der Waals surface area (Å²) in [5, 5.41) is 4.82. The minimum Gasteiger partial charge on any atom is -0.360 e. The average molecular weight is 530 g/mol. The first-order chi connectivity index (χ1) is 16.7. The van der Waals surface area contributed by atoms with E-state index in [-0.39, 0.29) is 9.92 Å². The van der Waals surface area contributed by atoms with Gasteiger partial charge in [0, 0.05) is 24.6 Å². The van der Waals surface area contributed by atoms with Crippen molar-refractivity contribution in [2.75, 3.05) is 18.1 Å². The third-order valence-electron chi connectivity index (χ3n) is 5.98. The van der Waals surface area contributed by atoms with Crippen LogP contribution in [0, 0.1) is 5.82 Å². The van der Waals surface area contributed by atoms with Crippen LogP contribution in [0.1, 0.15) is 36.9 Å². The number of anilines is 1. The van der Waals surface area contributed by atoms with Gasteiger partial charge in [0.2, 0.25) is 0 Å². The Morgan fingerprint density at radius 2 is 2.00 bits per heavy atom. The van der Waals surface area contributed by atoms with Gasteiger partial charge >= 0.3 is 6.18 Å². The molecule has 2 aliphatic rings. The van der Waals surface area contributed by atoms with Crippen LogP contribution in [0.25, 0.3) is 0 Å². The summed E-state index contributed by atoms with van der Waals surface area (Å²) in [6.07, 6.45) is 0.477. The molecule has 0 amide bonds. The van der Waals surface area contributed by atoms with Crippen LogP contribution in [0.5, 0.6) is 0 Å². The lowest BCUT2D eigenvalue weighted by Crippen LogP contribution is -2.37. The van der Waals surface area contributed by atoms with Gasteiger partial charge in [-0.25, -0.2) is 9.37 Å². The fourth-order valence-corrected chi connectivity index (χ4v) is 5.54. The van der Waals surface area contributed by atoms with Crippen molar-refractivity contribution in [1.82, 2.24) is 19.3 Å². The Labute approximate surface area is 206 Å². The highest BCUT2D eigenvalue weighted by molar-refractivity contribution is 7.99. The minimum absolute atomic E-state index is 0.0323. The van der Waals surface area contributed by atoms with E-state index in [1.165, 1.54) is 17.1 Å². The maximum atomic E-state index is 13.4. The normalized spacial score (nSPS) is 18.5. The van der Waals surface area contributed by atoms with Gasteiger partial charge in [0.1, 0.15) is 16.7 Å². The zero-order valence-corrected chi connectivity index (χ0v) is 19.8. The van der Waals surface area contributed by atoms with E-state index in [9.17, 15) is 22.4 Å². The summed E-state index contributed by atoms with van der Waals surface area (Å²) < 4.78 is 62.3. The van der Waals surface area contributed by atoms with Crippen LogP contribution in [-0.2, 0) is 24.0 Å². The third-order valence-corrected chi connectivity index (χ3v) is 7.45. The molecule has 0 spiro atoms. The molecule has 2 aliphatic heterocycles. The molecular formula is C22H20ClF4N5O2S. The second kappa shape index (κ2) is 9.47. The van der Waals surface area contributed by atoms with E-state index in [1.54, 1.807) is 0 Å². The van der Waals surface area contributed by atoms with Gasteiger partial charge in [0.05, 0.1) is 35.2 Å². The van der Waals surface area contributed by atoms with Crippen molar-refractivity contribution < 1.29 is 22.3 Å². The van der Waals surface area contributed by atoms with Crippen LogP contribution in [0.4, 0.5) is 23.2 Å². The van der Waals surface area contributed by atoms with E-state index in [0.29, 0.717) is 55.3 Å². The summed E-state index contributed by atoms with van der Waals surface area (Å²) in [7, 11) is 0. The first-order valence-corrected chi connectivity index (χ1v) is 12.1. The first-order valence-electron chi connectivity index (χ1n) is 11.0. The molecule has 0 saturated carbocycles. The van der Waals surface area contributed by atoms with Crippen LogP contribution < -0.4 is 10.5 Å². The quantitative estimate of drug-likeness (QED) is 0.437. The van der Waals surface area contributed by atoms with Crippen molar-refractivity contribution >= 4 is 29.1 Å². The van der Waals surface area contributed by atoms with E-state index in [1.807, 2.05) is 9.47 Å². The summed E-state index contributed by atoms with van der Waals surface area (Å²) >= 11 is 7.31. The number of rotatable bonds is 4. The van der Waals surface area contributed by atoms with Crippen molar-refractivity contribution in [1.29, 1.82) is 0 Å². The lowest BCUT2D eigenvalue weighted by molar-refractivity contribution is -0.139. The average Bonchev–Trinajstić information content (AvgIpc) is 3.23. The number of benzene rings is 1. The second-order valence-corrected chi connectivity index (χ2v) is 9.68. The molecule has 1 atom stereocenters. The van der Waals surface area contributed by atoms with Crippen molar-refractivity contribution in [3.63, 3.8) is 0 Å². The molecule has 0 bridgehead atoms. The molecule has 13 heteroatoms. The molecule has 186 valence electrons. The predicted octanol–water partition coefficient (Wildman–Crippen LogP) is 5.12. The van der Waals surface area contributed by atoms with Gasteiger partial charge in [-0.15, -0.1) is 0 Å². The lowest BCUT2D eigenvalue weighted by atomic mass is 10.2. The van der Waals surface area contributed by atoms with E-state index in [4.69, 9.17) is 16.3 Å². The van der Waals surface area contributed by atoms with E-state index < -0.39 is 29.3 Å². The van der Waals surface area contributed by atoms with Gasteiger partial charge in [0.15, 0.2) is 6.23 Å². The van der Waals surface area contributed by atoms with Gasteiger partial charge in [-0.1, -0.05) is 23.4 Å². The van der Waals surface area contributed by atoms with Crippen LogP contribution in [0.3, 0.4) is 0 Å². The van der Waals surface area contributed by atoms with Crippen LogP contribution in [-0.4, -0.2) is 32.5 Å². The Morgan fingerprint density at radius 1 is 1.17 bits per heavy atom. The number of alkyl halides is 3. The number of fused-ring (bicyclic) bond motifs is 1. The highest BCUT2D eigenvalue weighted by Crippen LogP contribution is 2.40. The highest BCUT2D eigenvalue weighted by atomic mass is 35.5. The van der Waals surface area contributed by atoms with Gasteiger partial charge in [0.25, 0.3) is 5.56 Å². The fraction of sp³-hybridized carbons (Fsp3) is 0.409. The number of hydrogen-bond acceptors (Lipinski definition) is 6. The Balaban J connectivity index is 1.37. The highest BCUT2D eigenvalue weighted by Gasteiger charge is 2.35. The Kier molecular flexibility index (Phi) is 6.53. The molecule has 1 aromatic carbocycles. The Morgan fingerprint density at radius 3 is 2.74 bits per heavy atom. The number of aromatic nitrogens is 4. The van der Waals surface area contributed by atoms with Crippen LogP contribution >= 0.6 is 23.4 Å². The standard InChI is InChI=1S/C22H20ClF4N5O2S/c23-20-15(10-29-32(21(20)33)18-3-1-2-8-34-18)30-6-7-31-17(12-30)28-11-19(31)35-16-5-4-13(24)9-14(16)22(25,26)27/h4-5,9-11,18H,1-3,6-8,12H2. The number of nitrogens with zero attached hydrogens (tertiary/aromatic N) is 5. The Hall–Kier alpha value is -2.57. The molecule has 0 N–H and O–H groups in total. The monoisotopic (exact) mass is 529 g/mol. The maximum absolute atomic E-state index is 13.4. The third kappa shape index (κ3) is 4.78. The molecule has 1 unspecified atom stereocenters. The number of hydrogen-bond donors (Lipinski definition) is 0. The van der Waals surface area contributed by atoms with E-state index in [0.717, 1.165) is 36.7 Å². The lowest BCUT2D eigenvalue weighted by Gasteiger charge is -2.31. The SMILES string of the molecule is O=c1c(Cl)c(N2CCn3c(Sc4ccc(F)cc4C(F)(F)F)cnc3C2)cnn1C1CCCCO1. The molecule has 2 aromatic heterocycles. The number of ether oxygens (including phenoxy) is 1. The topological polar surface area (TPSA) is 65.2 Å². The van der Waals surface area contributed by atoms with Crippen molar-refractivity contribution in [3.05, 3.63) is 63.2 Å². The second-order valence-electron chi connectivity index (χ2n) is 8.24. The van der Waals surface area contributed by atoms with Crippen molar-refractivity contribution in [2.24, 2.45) is 0 Å². The van der Waals surface area contributed by atoms with Crippen molar-refractivity contribution in [3.8, 4) is 0 Å². The first kappa shape index (κ1) is 24.1. The zero-order chi connectivity index (χ0) is 24.7. The molecule has 7 nitrogen and oxygen atoms in total. The number of imidazole rings is 1. The molecule has 3 aromatic rings. The largest absolute Gasteiger partial charge is 0.417 e. The molecule has 35 heavy (non-hydrogen) atoms.